The van der Waals surface area contributed by atoms with E-state index in [-0.39, 0.29) is 4.75 Å². The molecule has 0 bridgehead atoms. The molecular weight excluding hydrogens is 244 g/mol. The van der Waals surface area contributed by atoms with Crippen molar-refractivity contribution in [1.29, 1.82) is 0 Å². The minimum absolute atomic E-state index is 0.182. The van der Waals surface area contributed by atoms with Crippen molar-refractivity contribution in [2.75, 3.05) is 31.9 Å². The molecule has 0 spiro atoms. The van der Waals surface area contributed by atoms with Crippen LogP contribution < -0.4 is 5.32 Å². The first-order chi connectivity index (χ1) is 8.46. The van der Waals surface area contributed by atoms with E-state index in [1.807, 2.05) is 0 Å². The predicted molar refractivity (Wildman–Crippen MR) is 77.9 cm³/mol. The van der Waals surface area contributed by atoms with Crippen LogP contribution in [0.1, 0.15) is 33.6 Å². The molecule has 0 aromatic rings. The van der Waals surface area contributed by atoms with Crippen LogP contribution in [-0.4, -0.2) is 47.5 Å². The molecule has 104 valence electrons. The summed E-state index contributed by atoms with van der Waals surface area (Å²) >= 11 is 1.76. The van der Waals surface area contributed by atoms with Gasteiger partial charge in [-0.1, -0.05) is 20.8 Å². The Kier molecular flexibility index (Phi) is 4.59. The zero-order valence-corrected chi connectivity index (χ0v) is 12.7. The number of fused-ring (bicyclic) bond motifs is 1. The molecule has 0 unspecified atom stereocenters. The third kappa shape index (κ3) is 3.89. The Morgan fingerprint density at radius 1 is 1.22 bits per heavy atom. The van der Waals surface area contributed by atoms with Crippen molar-refractivity contribution in [1.82, 2.24) is 10.2 Å². The number of hydrogen-bond acceptors (Lipinski definition) is 3. The predicted octanol–water partition coefficient (Wildman–Crippen LogP) is 1.98. The Labute approximate surface area is 115 Å². The molecular formula is C14H26N2OS. The summed E-state index contributed by atoms with van der Waals surface area (Å²) in [4.78, 5) is 14.3. The molecule has 2 aliphatic heterocycles. The van der Waals surface area contributed by atoms with E-state index in [1.54, 1.807) is 11.8 Å². The summed E-state index contributed by atoms with van der Waals surface area (Å²) in [5, 5.41) is 3.47. The standard InChI is InChI=1S/C14H26N2OS/c1-14(2,3)18-10-13(17)16-6-4-11-8-15-9-12(11)5-7-16/h11-12,15H,4-10H2,1-3H3/t11-,12+. The Morgan fingerprint density at radius 2 is 1.78 bits per heavy atom. The van der Waals surface area contributed by atoms with E-state index in [9.17, 15) is 4.79 Å². The van der Waals surface area contributed by atoms with Gasteiger partial charge in [0.2, 0.25) is 5.91 Å². The molecule has 2 fully saturated rings. The van der Waals surface area contributed by atoms with Crippen LogP contribution in [0.15, 0.2) is 0 Å². The van der Waals surface area contributed by atoms with Crippen LogP contribution in [0.5, 0.6) is 0 Å². The molecule has 3 nitrogen and oxygen atoms in total. The molecule has 2 aliphatic rings. The molecule has 2 rings (SSSR count). The molecule has 0 saturated carbocycles. The van der Waals surface area contributed by atoms with Crippen LogP contribution in [0.4, 0.5) is 0 Å². The average Bonchev–Trinajstić information content (AvgIpc) is 2.64. The highest BCUT2D eigenvalue weighted by Crippen LogP contribution is 2.28. The van der Waals surface area contributed by atoms with Gasteiger partial charge in [0.25, 0.3) is 0 Å². The van der Waals surface area contributed by atoms with E-state index >= 15 is 0 Å². The molecule has 1 amide bonds. The highest BCUT2D eigenvalue weighted by Gasteiger charge is 2.31. The van der Waals surface area contributed by atoms with Crippen molar-refractivity contribution >= 4 is 17.7 Å². The van der Waals surface area contributed by atoms with E-state index in [2.05, 4.69) is 31.0 Å². The van der Waals surface area contributed by atoms with Gasteiger partial charge >= 0.3 is 0 Å². The van der Waals surface area contributed by atoms with E-state index in [1.165, 1.54) is 12.8 Å². The highest BCUT2D eigenvalue weighted by molar-refractivity contribution is 8.01. The van der Waals surface area contributed by atoms with Crippen LogP contribution in [-0.2, 0) is 4.79 Å². The first kappa shape index (κ1) is 14.2. The van der Waals surface area contributed by atoms with Crippen molar-refractivity contribution < 1.29 is 4.79 Å². The molecule has 1 N–H and O–H groups in total. The van der Waals surface area contributed by atoms with Crippen molar-refractivity contribution in [3.63, 3.8) is 0 Å². The minimum atomic E-state index is 0.182. The number of hydrogen-bond donors (Lipinski definition) is 1. The fraction of sp³-hybridized carbons (Fsp3) is 0.929. The van der Waals surface area contributed by atoms with Gasteiger partial charge in [-0.05, 0) is 37.8 Å². The van der Waals surface area contributed by atoms with Crippen molar-refractivity contribution in [2.24, 2.45) is 11.8 Å². The molecule has 2 heterocycles. The number of thioether (sulfide) groups is 1. The van der Waals surface area contributed by atoms with E-state index in [4.69, 9.17) is 0 Å². The molecule has 0 aliphatic carbocycles. The molecule has 0 radical (unpaired) electrons. The van der Waals surface area contributed by atoms with Gasteiger partial charge < -0.3 is 10.2 Å². The molecule has 2 atom stereocenters. The summed E-state index contributed by atoms with van der Waals surface area (Å²) in [5.74, 6) is 2.58. The van der Waals surface area contributed by atoms with Gasteiger partial charge in [-0.25, -0.2) is 0 Å². The Hall–Kier alpha value is -0.220. The number of rotatable bonds is 2. The fourth-order valence-electron chi connectivity index (χ4n) is 2.84. The number of likely N-dealkylation sites (tertiary alicyclic amines) is 1. The maximum atomic E-state index is 12.2. The lowest BCUT2D eigenvalue weighted by Gasteiger charge is -2.23. The smallest absolute Gasteiger partial charge is 0.232 e. The highest BCUT2D eigenvalue weighted by atomic mass is 32.2. The summed E-state index contributed by atoms with van der Waals surface area (Å²) in [5.41, 5.74) is 0. The Morgan fingerprint density at radius 3 is 2.28 bits per heavy atom. The quantitative estimate of drug-likeness (QED) is 0.833. The molecule has 2 saturated heterocycles. The maximum absolute atomic E-state index is 12.2. The van der Waals surface area contributed by atoms with E-state index in [0.29, 0.717) is 11.7 Å². The summed E-state index contributed by atoms with van der Waals surface area (Å²) < 4.78 is 0.182. The van der Waals surface area contributed by atoms with E-state index in [0.717, 1.165) is 38.0 Å². The van der Waals surface area contributed by atoms with Crippen molar-refractivity contribution in [2.45, 2.75) is 38.4 Å². The minimum Gasteiger partial charge on any atom is -0.342 e. The SMILES string of the molecule is CC(C)(C)SCC(=O)N1CC[C@@H]2CNC[C@@H]2CC1. The topological polar surface area (TPSA) is 32.3 Å². The number of carbonyl (C=O) groups excluding carboxylic acids is 1. The third-order valence-electron chi connectivity index (χ3n) is 4.00. The Bertz CT molecular complexity index is 287. The van der Waals surface area contributed by atoms with Gasteiger partial charge in [-0.15, -0.1) is 11.8 Å². The summed E-state index contributed by atoms with van der Waals surface area (Å²) in [6, 6.07) is 0. The summed E-state index contributed by atoms with van der Waals surface area (Å²) in [6.45, 7) is 10.8. The van der Waals surface area contributed by atoms with Crippen LogP contribution in [0.2, 0.25) is 0 Å². The number of carbonyl (C=O) groups is 1. The summed E-state index contributed by atoms with van der Waals surface area (Å²) in [7, 11) is 0. The van der Waals surface area contributed by atoms with Crippen LogP contribution in [0.3, 0.4) is 0 Å². The van der Waals surface area contributed by atoms with Gasteiger partial charge in [0, 0.05) is 17.8 Å². The normalized spacial score (nSPS) is 28.9. The molecule has 4 heteroatoms. The van der Waals surface area contributed by atoms with Gasteiger partial charge in [0.15, 0.2) is 0 Å². The average molecular weight is 270 g/mol. The van der Waals surface area contributed by atoms with Gasteiger partial charge in [0.05, 0.1) is 5.75 Å². The maximum Gasteiger partial charge on any atom is 0.232 e. The van der Waals surface area contributed by atoms with Gasteiger partial charge in [0.1, 0.15) is 0 Å². The van der Waals surface area contributed by atoms with Crippen LogP contribution in [0, 0.1) is 11.8 Å². The second kappa shape index (κ2) is 5.83. The number of nitrogens with one attached hydrogen (secondary N) is 1. The first-order valence-corrected chi connectivity index (χ1v) is 8.07. The molecule has 0 aromatic carbocycles. The van der Waals surface area contributed by atoms with Gasteiger partial charge in [-0.3, -0.25) is 4.79 Å². The lowest BCUT2D eigenvalue weighted by atomic mass is 9.92. The van der Waals surface area contributed by atoms with Crippen molar-refractivity contribution in [3.05, 3.63) is 0 Å². The zero-order valence-electron chi connectivity index (χ0n) is 11.9. The second-order valence-electron chi connectivity index (χ2n) is 6.54. The second-order valence-corrected chi connectivity index (χ2v) is 8.34. The largest absolute Gasteiger partial charge is 0.342 e. The number of amides is 1. The lowest BCUT2D eigenvalue weighted by molar-refractivity contribution is -0.128. The fourth-order valence-corrected chi connectivity index (χ4v) is 3.58. The third-order valence-corrected chi connectivity index (χ3v) is 5.26. The van der Waals surface area contributed by atoms with Gasteiger partial charge in [-0.2, -0.15) is 0 Å². The van der Waals surface area contributed by atoms with E-state index < -0.39 is 0 Å². The molecule has 18 heavy (non-hydrogen) atoms. The zero-order chi connectivity index (χ0) is 13.2. The number of nitrogens with zero attached hydrogens (tertiary/aromatic N) is 1. The Balaban J connectivity index is 1.81. The molecule has 0 aromatic heterocycles. The first-order valence-electron chi connectivity index (χ1n) is 7.08. The van der Waals surface area contributed by atoms with Crippen molar-refractivity contribution in [3.8, 4) is 0 Å². The van der Waals surface area contributed by atoms with Crippen LogP contribution >= 0.6 is 11.8 Å². The summed E-state index contributed by atoms with van der Waals surface area (Å²) in [6.07, 6.45) is 2.37. The lowest BCUT2D eigenvalue weighted by Crippen LogP contribution is -2.34. The van der Waals surface area contributed by atoms with Crippen LogP contribution in [0.25, 0.3) is 0 Å². The monoisotopic (exact) mass is 270 g/mol.